The first-order valence-corrected chi connectivity index (χ1v) is 6.48. The third-order valence-corrected chi connectivity index (χ3v) is 2.72. The molecule has 3 N–H and O–H groups in total. The van der Waals surface area contributed by atoms with Crippen molar-refractivity contribution in [1.82, 2.24) is 9.97 Å². The SMILES string of the molecule is NC(=O)c1cc(NCc2cccnc2OCC(F)(F)F)ccn1. The van der Waals surface area contributed by atoms with E-state index in [9.17, 15) is 18.0 Å². The Morgan fingerprint density at radius 1 is 1.26 bits per heavy atom. The molecule has 2 aromatic heterocycles. The maximum Gasteiger partial charge on any atom is 0.422 e. The van der Waals surface area contributed by atoms with Gasteiger partial charge in [-0.25, -0.2) is 4.98 Å². The minimum atomic E-state index is -4.44. The second-order valence-electron chi connectivity index (χ2n) is 4.52. The van der Waals surface area contributed by atoms with Gasteiger partial charge in [0.1, 0.15) is 5.69 Å². The number of nitrogens with two attached hydrogens (primary N) is 1. The van der Waals surface area contributed by atoms with Gasteiger partial charge in [0.05, 0.1) is 0 Å². The molecule has 1 amide bonds. The van der Waals surface area contributed by atoms with Gasteiger partial charge in [-0.05, 0) is 18.2 Å². The number of hydrogen-bond acceptors (Lipinski definition) is 5. The summed E-state index contributed by atoms with van der Waals surface area (Å²) in [5.41, 5.74) is 6.19. The molecule has 0 aliphatic carbocycles. The normalized spacial score (nSPS) is 11.1. The Bertz CT molecular complexity index is 692. The summed E-state index contributed by atoms with van der Waals surface area (Å²) >= 11 is 0. The smallest absolute Gasteiger partial charge is 0.422 e. The molecule has 0 saturated carbocycles. The van der Waals surface area contributed by atoms with Gasteiger partial charge < -0.3 is 15.8 Å². The molecule has 0 radical (unpaired) electrons. The second kappa shape index (κ2) is 6.95. The fourth-order valence-corrected chi connectivity index (χ4v) is 1.71. The molecule has 122 valence electrons. The number of rotatable bonds is 6. The zero-order chi connectivity index (χ0) is 16.9. The number of carbonyl (C=O) groups excluding carboxylic acids is 1. The van der Waals surface area contributed by atoms with Gasteiger partial charge >= 0.3 is 6.18 Å². The number of alkyl halides is 3. The first-order chi connectivity index (χ1) is 10.8. The molecule has 23 heavy (non-hydrogen) atoms. The Labute approximate surface area is 129 Å². The molecule has 0 aromatic carbocycles. The summed E-state index contributed by atoms with van der Waals surface area (Å²) in [4.78, 5) is 18.6. The van der Waals surface area contributed by atoms with Crippen molar-refractivity contribution in [2.24, 2.45) is 5.73 Å². The van der Waals surface area contributed by atoms with E-state index >= 15 is 0 Å². The number of halogens is 3. The molecular formula is C14H13F3N4O2. The number of nitrogens with one attached hydrogen (secondary N) is 1. The molecule has 0 spiro atoms. The van der Waals surface area contributed by atoms with E-state index in [4.69, 9.17) is 5.73 Å². The maximum absolute atomic E-state index is 12.2. The van der Waals surface area contributed by atoms with E-state index in [-0.39, 0.29) is 18.1 Å². The summed E-state index contributed by atoms with van der Waals surface area (Å²) in [5, 5.41) is 2.94. The van der Waals surface area contributed by atoms with Gasteiger partial charge in [0.25, 0.3) is 5.91 Å². The molecule has 0 unspecified atom stereocenters. The van der Waals surface area contributed by atoms with Crippen LogP contribution < -0.4 is 15.8 Å². The Morgan fingerprint density at radius 3 is 2.74 bits per heavy atom. The number of anilines is 1. The number of aromatic nitrogens is 2. The quantitative estimate of drug-likeness (QED) is 0.849. The lowest BCUT2D eigenvalue weighted by atomic mass is 10.2. The summed E-state index contributed by atoms with van der Waals surface area (Å²) in [7, 11) is 0. The minimum Gasteiger partial charge on any atom is -0.468 e. The zero-order valence-electron chi connectivity index (χ0n) is 11.8. The van der Waals surface area contributed by atoms with Crippen LogP contribution in [0.4, 0.5) is 18.9 Å². The molecule has 0 aliphatic rings. The molecule has 9 heteroatoms. The van der Waals surface area contributed by atoms with Crippen LogP contribution in [0.1, 0.15) is 16.1 Å². The van der Waals surface area contributed by atoms with Crippen LogP contribution in [0.3, 0.4) is 0 Å². The van der Waals surface area contributed by atoms with Crippen molar-refractivity contribution in [3.8, 4) is 5.88 Å². The number of hydrogen-bond donors (Lipinski definition) is 2. The summed E-state index contributed by atoms with van der Waals surface area (Å²) in [5.74, 6) is -0.786. The number of primary amides is 1. The van der Waals surface area contributed by atoms with Crippen molar-refractivity contribution >= 4 is 11.6 Å². The number of pyridine rings is 2. The van der Waals surface area contributed by atoms with Gasteiger partial charge in [-0.15, -0.1) is 0 Å². The molecule has 2 aromatic rings. The van der Waals surface area contributed by atoms with Crippen molar-refractivity contribution in [3.63, 3.8) is 0 Å². The van der Waals surface area contributed by atoms with Crippen molar-refractivity contribution in [2.75, 3.05) is 11.9 Å². The van der Waals surface area contributed by atoms with Crippen molar-refractivity contribution in [1.29, 1.82) is 0 Å². The number of ether oxygens (including phenoxy) is 1. The highest BCUT2D eigenvalue weighted by atomic mass is 19.4. The van der Waals surface area contributed by atoms with Crippen LogP contribution in [0.5, 0.6) is 5.88 Å². The highest BCUT2D eigenvalue weighted by Crippen LogP contribution is 2.21. The number of nitrogens with zero attached hydrogens (tertiary/aromatic N) is 2. The highest BCUT2D eigenvalue weighted by molar-refractivity contribution is 5.91. The predicted octanol–water partition coefficient (Wildman–Crippen LogP) is 2.13. The molecular weight excluding hydrogens is 313 g/mol. The Morgan fingerprint density at radius 2 is 2.04 bits per heavy atom. The average molecular weight is 326 g/mol. The lowest BCUT2D eigenvalue weighted by molar-refractivity contribution is -0.154. The fourth-order valence-electron chi connectivity index (χ4n) is 1.71. The summed E-state index contributed by atoms with van der Waals surface area (Å²) in [6, 6.07) is 6.20. The van der Waals surface area contributed by atoms with Crippen LogP contribution >= 0.6 is 0 Å². The van der Waals surface area contributed by atoms with Gasteiger partial charge in [0, 0.05) is 30.2 Å². The van der Waals surface area contributed by atoms with E-state index in [1.807, 2.05) is 0 Å². The maximum atomic E-state index is 12.2. The topological polar surface area (TPSA) is 90.1 Å². The number of carbonyl (C=O) groups is 1. The van der Waals surface area contributed by atoms with Crippen LogP contribution in [0.25, 0.3) is 0 Å². The van der Waals surface area contributed by atoms with Crippen LogP contribution in [0.2, 0.25) is 0 Å². The Hall–Kier alpha value is -2.84. The predicted molar refractivity (Wildman–Crippen MR) is 75.9 cm³/mol. The molecule has 2 heterocycles. The van der Waals surface area contributed by atoms with Gasteiger partial charge in [0.15, 0.2) is 6.61 Å². The third-order valence-electron chi connectivity index (χ3n) is 2.72. The largest absolute Gasteiger partial charge is 0.468 e. The molecule has 6 nitrogen and oxygen atoms in total. The molecule has 0 fully saturated rings. The fraction of sp³-hybridized carbons (Fsp3) is 0.214. The first-order valence-electron chi connectivity index (χ1n) is 6.48. The van der Waals surface area contributed by atoms with Crippen LogP contribution in [0, 0.1) is 0 Å². The first kappa shape index (κ1) is 16.5. The highest BCUT2D eigenvalue weighted by Gasteiger charge is 2.29. The summed E-state index contributed by atoms with van der Waals surface area (Å²) < 4.78 is 41.4. The van der Waals surface area contributed by atoms with E-state index in [0.717, 1.165) is 0 Å². The van der Waals surface area contributed by atoms with E-state index in [1.165, 1.54) is 18.5 Å². The molecule has 2 rings (SSSR count). The second-order valence-corrected chi connectivity index (χ2v) is 4.52. The summed E-state index contributed by atoms with van der Waals surface area (Å²) in [6.45, 7) is -1.26. The number of amides is 1. The van der Waals surface area contributed by atoms with Crippen LogP contribution in [-0.4, -0.2) is 28.7 Å². The van der Waals surface area contributed by atoms with E-state index in [2.05, 4.69) is 20.0 Å². The lowest BCUT2D eigenvalue weighted by Crippen LogP contribution is -2.20. The minimum absolute atomic E-state index is 0.0785. The van der Waals surface area contributed by atoms with E-state index < -0.39 is 18.7 Å². The van der Waals surface area contributed by atoms with E-state index in [0.29, 0.717) is 11.3 Å². The van der Waals surface area contributed by atoms with Gasteiger partial charge in [-0.3, -0.25) is 9.78 Å². The van der Waals surface area contributed by atoms with Crippen molar-refractivity contribution < 1.29 is 22.7 Å². The summed E-state index contributed by atoms with van der Waals surface area (Å²) in [6.07, 6.45) is -1.71. The van der Waals surface area contributed by atoms with E-state index in [1.54, 1.807) is 18.2 Å². The average Bonchev–Trinajstić information content (AvgIpc) is 2.51. The molecule has 0 atom stereocenters. The lowest BCUT2D eigenvalue weighted by Gasteiger charge is -2.13. The van der Waals surface area contributed by atoms with Crippen LogP contribution in [-0.2, 0) is 6.54 Å². The third kappa shape index (κ3) is 5.13. The van der Waals surface area contributed by atoms with Crippen LogP contribution in [0.15, 0.2) is 36.7 Å². The van der Waals surface area contributed by atoms with Crippen molar-refractivity contribution in [2.45, 2.75) is 12.7 Å². The van der Waals surface area contributed by atoms with Crippen molar-refractivity contribution in [3.05, 3.63) is 47.9 Å². The van der Waals surface area contributed by atoms with Gasteiger partial charge in [-0.1, -0.05) is 6.07 Å². The monoisotopic (exact) mass is 326 g/mol. The zero-order valence-corrected chi connectivity index (χ0v) is 11.8. The van der Waals surface area contributed by atoms with Gasteiger partial charge in [0.2, 0.25) is 5.88 Å². The molecule has 0 aliphatic heterocycles. The standard InChI is InChI=1S/C14H13F3N4O2/c15-14(16,17)8-23-13-9(2-1-4-20-13)7-21-10-3-5-19-11(6-10)12(18)22/h1-6H,7-8H2,(H2,18,22)(H,19,21). The molecule has 0 bridgehead atoms. The van der Waals surface area contributed by atoms with Gasteiger partial charge in [-0.2, -0.15) is 13.2 Å². The Balaban J connectivity index is 2.06. The molecule has 0 saturated heterocycles. The Kier molecular flexibility index (Phi) is 4.99.